The predicted molar refractivity (Wildman–Crippen MR) is 67.9 cm³/mol. The van der Waals surface area contributed by atoms with E-state index in [9.17, 15) is 4.79 Å². The fourth-order valence-corrected chi connectivity index (χ4v) is 3.48. The van der Waals surface area contributed by atoms with Crippen molar-refractivity contribution in [2.45, 2.75) is 19.4 Å². The van der Waals surface area contributed by atoms with E-state index in [1.54, 1.807) is 0 Å². The summed E-state index contributed by atoms with van der Waals surface area (Å²) in [7, 11) is 0. The van der Waals surface area contributed by atoms with Gasteiger partial charge in [0, 0.05) is 36.4 Å². The van der Waals surface area contributed by atoms with Crippen LogP contribution in [-0.4, -0.2) is 58.1 Å². The van der Waals surface area contributed by atoms with Gasteiger partial charge in [0.05, 0.1) is 6.42 Å². The van der Waals surface area contributed by atoms with Crippen LogP contribution in [0.25, 0.3) is 0 Å². The second kappa shape index (κ2) is 7.41. The minimum absolute atomic E-state index is 0.249. The lowest BCUT2D eigenvalue weighted by atomic mass is 10.2. The summed E-state index contributed by atoms with van der Waals surface area (Å²) in [6.07, 6.45) is 0.295. The van der Waals surface area contributed by atoms with Crippen LogP contribution in [0.5, 0.6) is 0 Å². The number of hydrogen-bond donors (Lipinski definition) is 1. The van der Waals surface area contributed by atoms with Gasteiger partial charge in [0.25, 0.3) is 0 Å². The van der Waals surface area contributed by atoms with E-state index >= 15 is 0 Å². The standard InChI is InChI=1S/C10H19NO2S2/c1-2-14-5-3-11-4-6-15-8-9(11)7-10(12)13/h9H,2-8H2,1H3,(H,12,13). The number of thioether (sulfide) groups is 2. The largest absolute Gasteiger partial charge is 0.481 e. The molecule has 1 atom stereocenters. The smallest absolute Gasteiger partial charge is 0.304 e. The molecule has 3 nitrogen and oxygen atoms in total. The Morgan fingerprint density at radius 1 is 1.67 bits per heavy atom. The van der Waals surface area contributed by atoms with Crippen LogP contribution >= 0.6 is 23.5 Å². The van der Waals surface area contributed by atoms with Gasteiger partial charge in [0.15, 0.2) is 0 Å². The third-order valence-electron chi connectivity index (χ3n) is 2.49. The monoisotopic (exact) mass is 249 g/mol. The molecule has 0 saturated carbocycles. The van der Waals surface area contributed by atoms with Gasteiger partial charge < -0.3 is 5.11 Å². The quantitative estimate of drug-likeness (QED) is 0.725. The van der Waals surface area contributed by atoms with Crippen LogP contribution < -0.4 is 0 Å². The van der Waals surface area contributed by atoms with Crippen molar-refractivity contribution in [1.82, 2.24) is 4.90 Å². The lowest BCUT2D eigenvalue weighted by molar-refractivity contribution is -0.138. The molecule has 0 bridgehead atoms. The van der Waals surface area contributed by atoms with Gasteiger partial charge in [-0.1, -0.05) is 6.92 Å². The summed E-state index contributed by atoms with van der Waals surface area (Å²) in [4.78, 5) is 13.0. The van der Waals surface area contributed by atoms with Crippen molar-refractivity contribution in [3.05, 3.63) is 0 Å². The summed E-state index contributed by atoms with van der Waals surface area (Å²) < 4.78 is 0. The Hall–Kier alpha value is 0.130. The molecule has 0 spiro atoms. The summed E-state index contributed by atoms with van der Waals surface area (Å²) in [5, 5.41) is 8.81. The Kier molecular flexibility index (Phi) is 6.52. The minimum atomic E-state index is -0.671. The molecular formula is C10H19NO2S2. The van der Waals surface area contributed by atoms with Crippen LogP contribution in [0.3, 0.4) is 0 Å². The molecule has 0 amide bonds. The summed E-state index contributed by atoms with van der Waals surface area (Å²) in [5.41, 5.74) is 0. The lowest BCUT2D eigenvalue weighted by Gasteiger charge is -2.34. The van der Waals surface area contributed by atoms with Crippen LogP contribution in [-0.2, 0) is 4.79 Å². The average molecular weight is 249 g/mol. The number of aliphatic carboxylic acids is 1. The molecule has 1 N–H and O–H groups in total. The maximum atomic E-state index is 10.7. The van der Waals surface area contributed by atoms with Gasteiger partial charge in [-0.05, 0) is 5.75 Å². The molecule has 15 heavy (non-hydrogen) atoms. The van der Waals surface area contributed by atoms with Crippen molar-refractivity contribution in [3.63, 3.8) is 0 Å². The van der Waals surface area contributed by atoms with Crippen LogP contribution in [0, 0.1) is 0 Å². The van der Waals surface area contributed by atoms with Gasteiger partial charge in [-0.2, -0.15) is 23.5 Å². The SMILES string of the molecule is CCSCCN1CCSCC1CC(=O)O. The summed E-state index contributed by atoms with van der Waals surface area (Å²) in [5.74, 6) is 3.72. The highest BCUT2D eigenvalue weighted by Gasteiger charge is 2.24. The normalized spacial score (nSPS) is 22.9. The number of rotatable bonds is 6. The first kappa shape index (κ1) is 13.2. The Morgan fingerprint density at radius 2 is 2.47 bits per heavy atom. The van der Waals surface area contributed by atoms with Crippen molar-refractivity contribution in [1.29, 1.82) is 0 Å². The number of nitrogens with zero attached hydrogens (tertiary/aromatic N) is 1. The van der Waals surface area contributed by atoms with Gasteiger partial charge in [-0.3, -0.25) is 9.69 Å². The fourth-order valence-electron chi connectivity index (χ4n) is 1.70. The molecule has 0 aliphatic carbocycles. The Bertz CT molecular complexity index is 202. The Morgan fingerprint density at radius 3 is 3.13 bits per heavy atom. The second-order valence-corrected chi connectivity index (χ2v) is 6.10. The minimum Gasteiger partial charge on any atom is -0.481 e. The van der Waals surface area contributed by atoms with Gasteiger partial charge in [-0.15, -0.1) is 0 Å². The molecular weight excluding hydrogens is 230 g/mol. The Balaban J connectivity index is 2.32. The molecule has 1 saturated heterocycles. The van der Waals surface area contributed by atoms with Crippen molar-refractivity contribution >= 4 is 29.5 Å². The number of carbonyl (C=O) groups is 1. The van der Waals surface area contributed by atoms with Crippen LogP contribution in [0.1, 0.15) is 13.3 Å². The molecule has 88 valence electrons. The van der Waals surface area contributed by atoms with E-state index in [-0.39, 0.29) is 6.04 Å². The molecule has 1 unspecified atom stereocenters. The fraction of sp³-hybridized carbons (Fsp3) is 0.900. The molecule has 0 aromatic rings. The highest BCUT2D eigenvalue weighted by molar-refractivity contribution is 7.99. The van der Waals surface area contributed by atoms with Crippen molar-refractivity contribution in [2.75, 3.05) is 36.1 Å². The van der Waals surface area contributed by atoms with Gasteiger partial charge in [0.1, 0.15) is 0 Å². The third kappa shape index (κ3) is 5.13. The first-order valence-electron chi connectivity index (χ1n) is 5.35. The maximum absolute atomic E-state index is 10.7. The van der Waals surface area contributed by atoms with Crippen LogP contribution in [0.4, 0.5) is 0 Å². The van der Waals surface area contributed by atoms with E-state index in [0.717, 1.165) is 36.1 Å². The lowest BCUT2D eigenvalue weighted by Crippen LogP contribution is -2.44. The number of carboxylic acids is 1. The van der Waals surface area contributed by atoms with Crippen LogP contribution in [0.15, 0.2) is 0 Å². The van der Waals surface area contributed by atoms with E-state index in [0.29, 0.717) is 6.42 Å². The van der Waals surface area contributed by atoms with Gasteiger partial charge >= 0.3 is 5.97 Å². The highest BCUT2D eigenvalue weighted by atomic mass is 32.2. The Labute approximate surface area is 100.0 Å². The highest BCUT2D eigenvalue weighted by Crippen LogP contribution is 2.19. The summed E-state index contributed by atoms with van der Waals surface area (Å²) in [6.45, 7) is 4.25. The first-order chi connectivity index (χ1) is 7.24. The third-order valence-corrected chi connectivity index (χ3v) is 4.46. The topological polar surface area (TPSA) is 40.5 Å². The molecule has 1 aliphatic heterocycles. The molecule has 0 aromatic heterocycles. The molecule has 1 rings (SSSR count). The molecule has 5 heteroatoms. The zero-order valence-electron chi connectivity index (χ0n) is 9.15. The van der Waals surface area contributed by atoms with Crippen LogP contribution in [0.2, 0.25) is 0 Å². The van der Waals surface area contributed by atoms with Gasteiger partial charge in [-0.25, -0.2) is 0 Å². The predicted octanol–water partition coefficient (Wildman–Crippen LogP) is 1.63. The molecule has 1 fully saturated rings. The van der Waals surface area contributed by atoms with E-state index in [1.165, 1.54) is 0 Å². The zero-order valence-corrected chi connectivity index (χ0v) is 10.8. The zero-order chi connectivity index (χ0) is 11.1. The molecule has 1 heterocycles. The van der Waals surface area contributed by atoms with Crippen molar-refractivity contribution in [2.24, 2.45) is 0 Å². The molecule has 0 aromatic carbocycles. The van der Waals surface area contributed by atoms with E-state index < -0.39 is 5.97 Å². The number of hydrogen-bond acceptors (Lipinski definition) is 4. The van der Waals surface area contributed by atoms with Crippen molar-refractivity contribution < 1.29 is 9.90 Å². The van der Waals surface area contributed by atoms with E-state index in [4.69, 9.17) is 5.11 Å². The molecule has 1 aliphatic rings. The maximum Gasteiger partial charge on any atom is 0.304 e. The number of carboxylic acid groups (broad SMARTS) is 1. The van der Waals surface area contributed by atoms with Crippen molar-refractivity contribution in [3.8, 4) is 0 Å². The molecule has 0 radical (unpaired) electrons. The summed E-state index contributed by atoms with van der Waals surface area (Å²) in [6, 6.07) is 0.249. The summed E-state index contributed by atoms with van der Waals surface area (Å²) >= 11 is 3.80. The van der Waals surface area contributed by atoms with E-state index in [1.807, 2.05) is 23.5 Å². The second-order valence-electron chi connectivity index (χ2n) is 3.56. The average Bonchev–Trinajstić information content (AvgIpc) is 2.20. The first-order valence-corrected chi connectivity index (χ1v) is 7.66. The van der Waals surface area contributed by atoms with Gasteiger partial charge in [0.2, 0.25) is 0 Å². The van der Waals surface area contributed by atoms with E-state index in [2.05, 4.69) is 11.8 Å².